The van der Waals surface area contributed by atoms with Gasteiger partial charge in [0, 0.05) is 32.2 Å². The summed E-state index contributed by atoms with van der Waals surface area (Å²) in [4.78, 5) is 2.44. The van der Waals surface area contributed by atoms with E-state index >= 15 is 0 Å². The zero-order valence-corrected chi connectivity index (χ0v) is 12.3. The Morgan fingerprint density at radius 2 is 2.00 bits per heavy atom. The van der Waals surface area contributed by atoms with Gasteiger partial charge in [0.05, 0.1) is 0 Å². The molecule has 1 fully saturated rings. The molecule has 3 heteroatoms. The van der Waals surface area contributed by atoms with Gasteiger partial charge in [0.15, 0.2) is 0 Å². The van der Waals surface area contributed by atoms with Crippen LogP contribution in [0.2, 0.25) is 0 Å². The van der Waals surface area contributed by atoms with Gasteiger partial charge in [-0.05, 0) is 37.6 Å². The fourth-order valence-corrected chi connectivity index (χ4v) is 2.53. The number of hydrogen-bond acceptors (Lipinski definition) is 3. The first kappa shape index (κ1) is 14.5. The number of piperazine rings is 1. The average molecular weight is 261 g/mol. The molecule has 0 amide bonds. The molecule has 0 radical (unpaired) electrons. The molecule has 1 saturated heterocycles. The minimum atomic E-state index is 0.635. The van der Waals surface area contributed by atoms with E-state index in [2.05, 4.69) is 53.8 Å². The summed E-state index contributed by atoms with van der Waals surface area (Å²) in [6, 6.07) is 9.64. The summed E-state index contributed by atoms with van der Waals surface area (Å²) in [5, 5.41) is 7.04. The van der Waals surface area contributed by atoms with Gasteiger partial charge in [-0.2, -0.15) is 0 Å². The molecule has 2 N–H and O–H groups in total. The topological polar surface area (TPSA) is 27.3 Å². The van der Waals surface area contributed by atoms with Crippen LogP contribution in [0.15, 0.2) is 24.3 Å². The third-order valence-electron chi connectivity index (χ3n) is 4.05. The van der Waals surface area contributed by atoms with E-state index in [0.717, 1.165) is 45.6 Å². The van der Waals surface area contributed by atoms with Crippen molar-refractivity contribution in [1.82, 2.24) is 15.5 Å². The molecule has 0 aliphatic carbocycles. The first-order valence-electron chi connectivity index (χ1n) is 7.49. The number of hydrogen-bond donors (Lipinski definition) is 2. The van der Waals surface area contributed by atoms with Gasteiger partial charge in [-0.25, -0.2) is 0 Å². The van der Waals surface area contributed by atoms with Crippen LogP contribution in [0.5, 0.6) is 0 Å². The van der Waals surface area contributed by atoms with Crippen LogP contribution in [0.1, 0.15) is 18.1 Å². The lowest BCUT2D eigenvalue weighted by Gasteiger charge is -2.33. The van der Waals surface area contributed by atoms with Crippen LogP contribution in [0.3, 0.4) is 0 Å². The lowest BCUT2D eigenvalue weighted by atomic mass is 10.1. The maximum atomic E-state index is 3.58. The molecule has 1 aliphatic rings. The number of aryl methyl sites for hydroxylation is 1. The second-order valence-electron chi connectivity index (χ2n) is 5.46. The van der Waals surface area contributed by atoms with E-state index in [9.17, 15) is 0 Å². The van der Waals surface area contributed by atoms with Gasteiger partial charge in [0.2, 0.25) is 0 Å². The van der Waals surface area contributed by atoms with Gasteiger partial charge in [-0.3, -0.25) is 4.90 Å². The Morgan fingerprint density at radius 1 is 1.26 bits per heavy atom. The van der Waals surface area contributed by atoms with Gasteiger partial charge < -0.3 is 10.6 Å². The van der Waals surface area contributed by atoms with Crippen molar-refractivity contribution >= 4 is 0 Å². The van der Waals surface area contributed by atoms with Crippen molar-refractivity contribution in [3.05, 3.63) is 35.4 Å². The van der Waals surface area contributed by atoms with E-state index in [4.69, 9.17) is 0 Å². The van der Waals surface area contributed by atoms with E-state index in [1.54, 1.807) is 0 Å². The Labute approximate surface area is 117 Å². The Balaban J connectivity index is 1.65. The molecule has 1 aromatic rings. The van der Waals surface area contributed by atoms with Crippen LogP contribution in [-0.4, -0.2) is 50.7 Å². The molecular formula is C16H27N3. The fourth-order valence-electron chi connectivity index (χ4n) is 2.53. The van der Waals surface area contributed by atoms with Crippen LogP contribution < -0.4 is 10.6 Å². The van der Waals surface area contributed by atoms with E-state index in [1.807, 2.05) is 0 Å². The van der Waals surface area contributed by atoms with Crippen LogP contribution in [0.25, 0.3) is 0 Å². The zero-order valence-electron chi connectivity index (χ0n) is 12.3. The smallest absolute Gasteiger partial charge is 0.0342 e. The molecule has 3 nitrogen and oxygen atoms in total. The molecule has 1 aliphatic heterocycles. The molecule has 1 heterocycles. The number of nitrogens with zero attached hydrogens (tertiary/aromatic N) is 1. The molecule has 2 rings (SSSR count). The van der Waals surface area contributed by atoms with Gasteiger partial charge >= 0.3 is 0 Å². The number of rotatable bonds is 6. The number of likely N-dealkylation sites (N-methyl/N-ethyl adjacent to an activating group) is 1. The summed E-state index contributed by atoms with van der Waals surface area (Å²) in [6.07, 6.45) is 2.24. The van der Waals surface area contributed by atoms with E-state index in [0.29, 0.717) is 6.04 Å². The molecule has 0 bridgehead atoms. The molecule has 0 spiro atoms. The highest BCUT2D eigenvalue weighted by atomic mass is 15.2. The fraction of sp³-hybridized carbons (Fsp3) is 0.625. The van der Waals surface area contributed by atoms with Crippen LogP contribution in [0, 0.1) is 0 Å². The molecule has 1 aromatic carbocycles. The monoisotopic (exact) mass is 261 g/mol. The minimum Gasteiger partial charge on any atom is -0.315 e. The molecule has 0 saturated carbocycles. The zero-order chi connectivity index (χ0) is 13.5. The largest absolute Gasteiger partial charge is 0.315 e. The SMILES string of the molecule is CCc1ccc(CCNCC2CNCCN2C)cc1. The number of benzene rings is 1. The molecular weight excluding hydrogens is 234 g/mol. The van der Waals surface area contributed by atoms with Crippen LogP contribution >= 0.6 is 0 Å². The van der Waals surface area contributed by atoms with Gasteiger partial charge in [-0.15, -0.1) is 0 Å². The average Bonchev–Trinajstić information content (AvgIpc) is 2.46. The Hall–Kier alpha value is -0.900. The maximum absolute atomic E-state index is 3.58. The molecule has 1 atom stereocenters. The van der Waals surface area contributed by atoms with E-state index < -0.39 is 0 Å². The second-order valence-corrected chi connectivity index (χ2v) is 5.46. The Bertz CT molecular complexity index is 361. The van der Waals surface area contributed by atoms with Crippen molar-refractivity contribution < 1.29 is 0 Å². The summed E-state index contributed by atoms with van der Waals surface area (Å²) < 4.78 is 0. The van der Waals surface area contributed by atoms with Crippen molar-refractivity contribution in [2.75, 3.05) is 39.8 Å². The Morgan fingerprint density at radius 3 is 2.68 bits per heavy atom. The summed E-state index contributed by atoms with van der Waals surface area (Å²) in [5.74, 6) is 0. The molecule has 1 unspecified atom stereocenters. The summed E-state index contributed by atoms with van der Waals surface area (Å²) in [5.41, 5.74) is 2.85. The lowest BCUT2D eigenvalue weighted by molar-refractivity contribution is 0.196. The van der Waals surface area contributed by atoms with E-state index in [-0.39, 0.29) is 0 Å². The molecule has 0 aromatic heterocycles. The minimum absolute atomic E-state index is 0.635. The van der Waals surface area contributed by atoms with Gasteiger partial charge in [-0.1, -0.05) is 31.2 Å². The van der Waals surface area contributed by atoms with Gasteiger partial charge in [0.25, 0.3) is 0 Å². The van der Waals surface area contributed by atoms with Gasteiger partial charge in [0.1, 0.15) is 0 Å². The predicted octanol–water partition coefficient (Wildman–Crippen LogP) is 1.28. The normalized spacial score (nSPS) is 20.6. The standard InChI is InChI=1S/C16H27N3/c1-3-14-4-6-15(7-5-14)8-9-17-12-16-13-18-10-11-19(16)2/h4-7,16-18H,3,8-13H2,1-2H3. The summed E-state index contributed by atoms with van der Waals surface area (Å²) in [6.45, 7) is 7.73. The highest BCUT2D eigenvalue weighted by Crippen LogP contribution is 2.05. The quantitative estimate of drug-likeness (QED) is 0.756. The van der Waals surface area contributed by atoms with E-state index in [1.165, 1.54) is 11.1 Å². The highest BCUT2D eigenvalue weighted by Gasteiger charge is 2.17. The second kappa shape index (κ2) is 7.63. The van der Waals surface area contributed by atoms with Crippen molar-refractivity contribution in [2.45, 2.75) is 25.8 Å². The number of nitrogens with one attached hydrogen (secondary N) is 2. The Kier molecular flexibility index (Phi) is 5.83. The van der Waals surface area contributed by atoms with Crippen LogP contribution in [-0.2, 0) is 12.8 Å². The van der Waals surface area contributed by atoms with Crippen molar-refractivity contribution in [1.29, 1.82) is 0 Å². The first-order chi connectivity index (χ1) is 9.29. The summed E-state index contributed by atoms with van der Waals surface area (Å²) in [7, 11) is 2.22. The molecule has 106 valence electrons. The van der Waals surface area contributed by atoms with Crippen molar-refractivity contribution in [3.63, 3.8) is 0 Å². The third-order valence-corrected chi connectivity index (χ3v) is 4.05. The lowest BCUT2D eigenvalue weighted by Crippen LogP contribution is -2.53. The summed E-state index contributed by atoms with van der Waals surface area (Å²) >= 11 is 0. The maximum Gasteiger partial charge on any atom is 0.0342 e. The third kappa shape index (κ3) is 4.60. The van der Waals surface area contributed by atoms with Crippen molar-refractivity contribution in [3.8, 4) is 0 Å². The van der Waals surface area contributed by atoms with Crippen molar-refractivity contribution in [2.24, 2.45) is 0 Å². The predicted molar refractivity (Wildman–Crippen MR) is 81.7 cm³/mol. The van der Waals surface area contributed by atoms with Crippen LogP contribution in [0.4, 0.5) is 0 Å². The first-order valence-corrected chi connectivity index (χ1v) is 7.49. The molecule has 19 heavy (non-hydrogen) atoms. The highest BCUT2D eigenvalue weighted by molar-refractivity contribution is 5.22.